The van der Waals surface area contributed by atoms with Gasteiger partial charge in [-0.15, -0.1) is 0 Å². The van der Waals surface area contributed by atoms with Gasteiger partial charge in [0.1, 0.15) is 16.7 Å². The number of nitrogens with one attached hydrogen (secondary N) is 1. The van der Waals surface area contributed by atoms with Crippen molar-refractivity contribution < 1.29 is 23.9 Å². The number of ketones is 1. The van der Waals surface area contributed by atoms with Crippen molar-refractivity contribution in [1.29, 1.82) is 0 Å². The van der Waals surface area contributed by atoms with Crippen LogP contribution in [0, 0.1) is 0 Å². The molecule has 0 unspecified atom stereocenters. The molecule has 1 aliphatic carbocycles. The Morgan fingerprint density at radius 2 is 1.84 bits per heavy atom. The smallest absolute Gasteiger partial charge is 0.341 e. The van der Waals surface area contributed by atoms with Crippen molar-refractivity contribution in [3.8, 4) is 0 Å². The zero-order chi connectivity index (χ0) is 22.5. The summed E-state index contributed by atoms with van der Waals surface area (Å²) in [5.74, 6) is -1.53. The second kappa shape index (κ2) is 7.37. The summed E-state index contributed by atoms with van der Waals surface area (Å²) in [4.78, 5) is 40.2. The molecule has 0 aromatic heterocycles. The molecular weight excluding hydrogens is 408 g/mol. The average Bonchev–Trinajstić information content (AvgIpc) is 3.06. The van der Waals surface area contributed by atoms with Crippen molar-refractivity contribution in [3.63, 3.8) is 0 Å². The maximum atomic E-state index is 13.6. The minimum absolute atomic E-state index is 0.0882. The molecule has 1 amide bonds. The summed E-state index contributed by atoms with van der Waals surface area (Å²) in [5.41, 5.74) is 6.61. The van der Waals surface area contributed by atoms with Crippen LogP contribution in [0.5, 0.6) is 0 Å². The average molecular weight is 430 g/mol. The van der Waals surface area contributed by atoms with Crippen LogP contribution in [-0.2, 0) is 29.3 Å². The van der Waals surface area contributed by atoms with Gasteiger partial charge >= 0.3 is 5.97 Å². The predicted octanol–water partition coefficient (Wildman–Crippen LogP) is 3.04. The fourth-order valence-corrected chi connectivity index (χ4v) is 5.06. The molecule has 1 spiro atoms. The number of allylic oxidation sites excluding steroid dienone is 1. The molecule has 2 aromatic rings. The Bertz CT molecular complexity index is 1210. The van der Waals surface area contributed by atoms with Crippen LogP contribution in [0.1, 0.15) is 36.8 Å². The lowest BCUT2D eigenvalue weighted by Gasteiger charge is -2.40. The van der Waals surface area contributed by atoms with Gasteiger partial charge in [0, 0.05) is 24.1 Å². The number of para-hydroxylation sites is 1. The maximum Gasteiger partial charge on any atom is 0.341 e. The van der Waals surface area contributed by atoms with Crippen LogP contribution in [0.4, 0.5) is 5.69 Å². The number of rotatable bonds is 3. The van der Waals surface area contributed by atoms with Crippen LogP contribution in [0.3, 0.4) is 0 Å². The van der Waals surface area contributed by atoms with Crippen molar-refractivity contribution in [3.05, 3.63) is 88.5 Å². The van der Waals surface area contributed by atoms with Crippen LogP contribution in [0.25, 0.3) is 0 Å². The number of benzene rings is 2. The predicted molar refractivity (Wildman–Crippen MR) is 116 cm³/mol. The number of anilines is 1. The van der Waals surface area contributed by atoms with E-state index in [2.05, 4.69) is 5.32 Å². The summed E-state index contributed by atoms with van der Waals surface area (Å²) < 4.78 is 11.1. The summed E-state index contributed by atoms with van der Waals surface area (Å²) >= 11 is 0. The first-order valence-corrected chi connectivity index (χ1v) is 10.6. The molecule has 5 rings (SSSR count). The van der Waals surface area contributed by atoms with E-state index in [1.807, 2.05) is 30.3 Å². The molecule has 0 saturated heterocycles. The number of amides is 1. The highest BCUT2D eigenvalue weighted by atomic mass is 16.5. The van der Waals surface area contributed by atoms with Gasteiger partial charge in [0.2, 0.25) is 11.8 Å². The van der Waals surface area contributed by atoms with E-state index in [0.29, 0.717) is 23.4 Å². The second-order valence-corrected chi connectivity index (χ2v) is 8.05. The highest BCUT2D eigenvalue weighted by molar-refractivity contribution is 6.22. The van der Waals surface area contributed by atoms with Gasteiger partial charge in [-0.1, -0.05) is 48.5 Å². The number of hydrogen-bond donors (Lipinski definition) is 2. The van der Waals surface area contributed by atoms with Gasteiger partial charge in [-0.25, -0.2) is 4.79 Å². The molecule has 7 heteroatoms. The van der Waals surface area contributed by atoms with E-state index < -0.39 is 17.3 Å². The Balaban J connectivity index is 1.73. The van der Waals surface area contributed by atoms with Gasteiger partial charge in [0.05, 0.1) is 12.2 Å². The Morgan fingerprint density at radius 1 is 1.12 bits per heavy atom. The van der Waals surface area contributed by atoms with E-state index in [0.717, 1.165) is 5.56 Å². The molecule has 2 heterocycles. The van der Waals surface area contributed by atoms with Crippen molar-refractivity contribution in [2.75, 3.05) is 11.9 Å². The molecule has 0 saturated carbocycles. The van der Waals surface area contributed by atoms with Crippen LogP contribution >= 0.6 is 0 Å². The third kappa shape index (κ3) is 2.70. The zero-order valence-electron chi connectivity index (χ0n) is 17.5. The fraction of sp³-hybridized carbons (Fsp3) is 0.240. The highest BCUT2D eigenvalue weighted by Crippen LogP contribution is 2.55. The van der Waals surface area contributed by atoms with E-state index in [-0.39, 0.29) is 41.8 Å². The number of hydrogen-bond acceptors (Lipinski definition) is 6. The first kappa shape index (κ1) is 20.1. The molecule has 0 radical (unpaired) electrons. The molecule has 3 aliphatic rings. The number of carbonyl (C=O) groups is 3. The first-order valence-electron chi connectivity index (χ1n) is 10.6. The van der Waals surface area contributed by atoms with Gasteiger partial charge < -0.3 is 20.5 Å². The largest absolute Gasteiger partial charge is 0.462 e. The van der Waals surface area contributed by atoms with Crippen LogP contribution in [-0.4, -0.2) is 24.3 Å². The van der Waals surface area contributed by atoms with E-state index in [9.17, 15) is 14.4 Å². The van der Waals surface area contributed by atoms with E-state index in [1.54, 1.807) is 31.2 Å². The van der Waals surface area contributed by atoms with Crippen molar-refractivity contribution in [1.82, 2.24) is 0 Å². The van der Waals surface area contributed by atoms with Crippen molar-refractivity contribution in [2.24, 2.45) is 5.73 Å². The van der Waals surface area contributed by atoms with Gasteiger partial charge in [-0.3, -0.25) is 9.59 Å². The topological polar surface area (TPSA) is 108 Å². The molecule has 0 fully saturated rings. The summed E-state index contributed by atoms with van der Waals surface area (Å²) in [7, 11) is 0. The third-order valence-electron chi connectivity index (χ3n) is 6.32. The Labute approximate surface area is 184 Å². The molecule has 2 aromatic carbocycles. The molecule has 32 heavy (non-hydrogen) atoms. The van der Waals surface area contributed by atoms with Gasteiger partial charge in [0.25, 0.3) is 0 Å². The van der Waals surface area contributed by atoms with E-state index in [4.69, 9.17) is 15.2 Å². The summed E-state index contributed by atoms with van der Waals surface area (Å²) in [5, 5.41) is 2.82. The molecule has 3 N–H and O–H groups in total. The minimum atomic E-state index is -1.70. The summed E-state index contributed by atoms with van der Waals surface area (Å²) in [6.07, 6.45) is 0.582. The molecule has 2 atom stereocenters. The Morgan fingerprint density at radius 3 is 2.59 bits per heavy atom. The Hall–Kier alpha value is -3.87. The van der Waals surface area contributed by atoms with Gasteiger partial charge in [0.15, 0.2) is 5.78 Å². The molecule has 0 bridgehead atoms. The first-order chi connectivity index (χ1) is 15.5. The van der Waals surface area contributed by atoms with E-state index in [1.165, 1.54) is 0 Å². The molecule has 2 aliphatic heterocycles. The molecule has 7 nitrogen and oxygen atoms in total. The zero-order valence-corrected chi connectivity index (χ0v) is 17.5. The Kier molecular flexibility index (Phi) is 4.62. The van der Waals surface area contributed by atoms with Crippen LogP contribution in [0.15, 0.2) is 77.4 Å². The van der Waals surface area contributed by atoms with Crippen molar-refractivity contribution in [2.45, 2.75) is 31.1 Å². The quantitative estimate of drug-likeness (QED) is 0.725. The third-order valence-corrected chi connectivity index (χ3v) is 6.32. The minimum Gasteiger partial charge on any atom is -0.462 e. The fourth-order valence-electron chi connectivity index (χ4n) is 5.06. The second-order valence-electron chi connectivity index (χ2n) is 8.05. The maximum absolute atomic E-state index is 13.6. The normalized spacial score (nSPS) is 24.1. The lowest BCUT2D eigenvalue weighted by Crippen LogP contribution is -2.49. The molecular formula is C25H22N2O5. The highest BCUT2D eigenvalue weighted by Gasteiger charge is 2.62. The molecule has 162 valence electrons. The monoisotopic (exact) mass is 430 g/mol. The number of ether oxygens (including phenoxy) is 2. The van der Waals surface area contributed by atoms with Crippen LogP contribution < -0.4 is 11.1 Å². The lowest BCUT2D eigenvalue weighted by atomic mass is 9.63. The number of esters is 1. The van der Waals surface area contributed by atoms with Gasteiger partial charge in [-0.05, 0) is 24.5 Å². The number of nitrogens with two attached hydrogens (primary N) is 1. The van der Waals surface area contributed by atoms with Crippen molar-refractivity contribution >= 4 is 23.3 Å². The SMILES string of the molecule is CCOC(=O)C1=C(N)OC2=C(C(=O)C[C@H](c3ccccc3)C2)[C@]12C(=O)Nc1ccccc12. The van der Waals surface area contributed by atoms with E-state index >= 15 is 0 Å². The number of Topliss-reactive ketones (excluding diaryl/α,β-unsaturated/α-hetero) is 1. The van der Waals surface area contributed by atoms with Gasteiger partial charge in [-0.2, -0.15) is 0 Å². The lowest BCUT2D eigenvalue weighted by molar-refractivity contribution is -0.141. The number of carbonyl (C=O) groups excluding carboxylic acids is 3. The van der Waals surface area contributed by atoms with Crippen LogP contribution in [0.2, 0.25) is 0 Å². The standard InChI is InChI=1S/C25H22N2O5/c1-2-31-23(29)21-22(26)32-19-13-15(14-8-4-3-5-9-14)12-18(28)20(19)25(21)16-10-6-7-11-17(16)27-24(25)30/h3-11,15H,2,12-13,26H2,1H3,(H,27,30)/t15-,25-/m0/s1. The summed E-state index contributed by atoms with van der Waals surface area (Å²) in [6, 6.07) is 16.7. The summed E-state index contributed by atoms with van der Waals surface area (Å²) in [6.45, 7) is 1.75. The number of fused-ring (bicyclic) bond motifs is 3.